The molecule has 34 heavy (non-hydrogen) atoms. The van der Waals surface area contributed by atoms with E-state index >= 15 is 0 Å². The van der Waals surface area contributed by atoms with Crippen molar-refractivity contribution in [3.8, 4) is 11.5 Å². The Bertz CT molecular complexity index is 1300. The number of carbonyl (C=O) groups excluding carboxylic acids is 2. The van der Waals surface area contributed by atoms with Crippen molar-refractivity contribution in [3.63, 3.8) is 0 Å². The topological polar surface area (TPSA) is 100 Å². The first kappa shape index (κ1) is 23.2. The smallest absolute Gasteiger partial charge is 0.300 e. The number of amides is 1. The molecular formula is C27H27NO6. The fraction of sp³-hybridized carbons (Fsp3) is 0.259. The number of carbonyl (C=O) groups is 2. The molecule has 4 rings (SSSR count). The Morgan fingerprint density at radius 1 is 1.09 bits per heavy atom. The highest BCUT2D eigenvalue weighted by Crippen LogP contribution is 2.46. The first-order valence-electron chi connectivity index (χ1n) is 10.9. The predicted molar refractivity (Wildman–Crippen MR) is 128 cm³/mol. The molecule has 7 heteroatoms. The minimum atomic E-state index is -1.08. The molecule has 1 fully saturated rings. The van der Waals surface area contributed by atoms with Crippen LogP contribution in [0.25, 0.3) is 5.76 Å². The van der Waals surface area contributed by atoms with Crippen molar-refractivity contribution in [1.29, 1.82) is 0 Å². The molecule has 0 saturated carbocycles. The number of methoxy groups -OCH3 is 1. The van der Waals surface area contributed by atoms with Crippen LogP contribution < -0.4 is 9.64 Å². The molecule has 3 aromatic rings. The molecule has 0 aliphatic carbocycles. The summed E-state index contributed by atoms with van der Waals surface area (Å²) in [5, 5.41) is 22.0. The van der Waals surface area contributed by atoms with Crippen LogP contribution in [0.1, 0.15) is 49.3 Å². The third-order valence-corrected chi connectivity index (χ3v) is 5.97. The second kappa shape index (κ2) is 8.41. The van der Waals surface area contributed by atoms with Gasteiger partial charge in [-0.1, -0.05) is 32.9 Å². The molecule has 176 valence electrons. The van der Waals surface area contributed by atoms with Gasteiger partial charge in [0.25, 0.3) is 11.7 Å². The standard InChI is InChI=1S/C27H27NO6/c1-15-8-10-19(29)18(13-15)28-23(21-7-6-12-34-21)22(25(31)26(28)32)24(30)17-14-16(27(2,3)4)9-11-20(17)33-5/h6-14,23,29-30H,1-5H3/b24-22+. The lowest BCUT2D eigenvalue weighted by Crippen LogP contribution is -2.29. The summed E-state index contributed by atoms with van der Waals surface area (Å²) < 4.78 is 11.0. The molecule has 1 atom stereocenters. The van der Waals surface area contributed by atoms with Gasteiger partial charge in [-0.05, 0) is 59.9 Å². The second-order valence-electron chi connectivity index (χ2n) is 9.34. The highest BCUT2D eigenvalue weighted by atomic mass is 16.5. The van der Waals surface area contributed by atoms with Crippen LogP contribution in [-0.2, 0) is 15.0 Å². The number of ketones is 1. The van der Waals surface area contributed by atoms with Crippen molar-refractivity contribution >= 4 is 23.1 Å². The number of aromatic hydroxyl groups is 1. The monoisotopic (exact) mass is 461 g/mol. The SMILES string of the molecule is COc1ccc(C(C)(C)C)cc1/C(O)=C1\C(=O)C(=O)N(c2cc(C)ccc2O)C1c1ccco1. The molecule has 0 spiro atoms. The van der Waals surface area contributed by atoms with Crippen LogP contribution in [0.4, 0.5) is 5.69 Å². The normalized spacial score (nSPS) is 17.9. The number of anilines is 1. The molecule has 1 saturated heterocycles. The van der Waals surface area contributed by atoms with Crippen LogP contribution >= 0.6 is 0 Å². The van der Waals surface area contributed by atoms with Gasteiger partial charge in [-0.25, -0.2) is 0 Å². The minimum Gasteiger partial charge on any atom is -0.507 e. The van der Waals surface area contributed by atoms with Gasteiger partial charge < -0.3 is 19.4 Å². The van der Waals surface area contributed by atoms with Crippen LogP contribution in [0.15, 0.2) is 64.8 Å². The Labute approximate surface area is 197 Å². The fourth-order valence-electron chi connectivity index (χ4n) is 4.13. The third kappa shape index (κ3) is 3.83. The average molecular weight is 462 g/mol. The number of aliphatic hydroxyl groups is 1. The van der Waals surface area contributed by atoms with E-state index in [1.54, 1.807) is 36.4 Å². The number of hydrogen-bond donors (Lipinski definition) is 2. The zero-order valence-corrected chi connectivity index (χ0v) is 19.7. The number of Topliss-reactive ketones (excluding diaryl/α,β-unsaturated/α-hetero) is 1. The van der Waals surface area contributed by atoms with Gasteiger partial charge in [0.1, 0.15) is 29.1 Å². The first-order chi connectivity index (χ1) is 16.0. The molecule has 1 unspecified atom stereocenters. The number of hydrogen-bond acceptors (Lipinski definition) is 6. The number of aliphatic hydroxyl groups excluding tert-OH is 1. The lowest BCUT2D eigenvalue weighted by molar-refractivity contribution is -0.132. The number of furan rings is 1. The Hall–Kier alpha value is -4.00. The van der Waals surface area contributed by atoms with Gasteiger partial charge in [-0.15, -0.1) is 0 Å². The fourth-order valence-corrected chi connectivity index (χ4v) is 4.13. The number of ether oxygens (including phenoxy) is 1. The van der Waals surface area contributed by atoms with Gasteiger partial charge in [0, 0.05) is 0 Å². The molecule has 1 aliphatic heterocycles. The maximum Gasteiger partial charge on any atom is 0.300 e. The van der Waals surface area contributed by atoms with E-state index in [9.17, 15) is 19.8 Å². The predicted octanol–water partition coefficient (Wildman–Crippen LogP) is 5.23. The van der Waals surface area contributed by atoms with E-state index in [1.807, 2.05) is 33.8 Å². The van der Waals surface area contributed by atoms with Gasteiger partial charge in [0.05, 0.1) is 30.2 Å². The number of aryl methyl sites for hydroxylation is 1. The van der Waals surface area contributed by atoms with E-state index < -0.39 is 17.7 Å². The summed E-state index contributed by atoms with van der Waals surface area (Å²) in [4.78, 5) is 27.7. The molecule has 1 aliphatic rings. The third-order valence-electron chi connectivity index (χ3n) is 5.97. The van der Waals surface area contributed by atoms with Crippen LogP contribution in [-0.4, -0.2) is 29.0 Å². The summed E-state index contributed by atoms with van der Waals surface area (Å²) in [5.74, 6) is -1.69. The Balaban J connectivity index is 2.00. The highest BCUT2D eigenvalue weighted by Gasteiger charge is 2.49. The Kier molecular flexibility index (Phi) is 5.73. The average Bonchev–Trinajstić information content (AvgIpc) is 3.41. The molecule has 1 amide bonds. The molecule has 1 aromatic heterocycles. The van der Waals surface area contributed by atoms with Crippen molar-refractivity contribution in [3.05, 3.63) is 82.8 Å². The molecule has 0 bridgehead atoms. The van der Waals surface area contributed by atoms with E-state index in [1.165, 1.54) is 19.4 Å². The van der Waals surface area contributed by atoms with E-state index in [0.29, 0.717) is 5.75 Å². The summed E-state index contributed by atoms with van der Waals surface area (Å²) in [6, 6.07) is 12.3. The summed E-state index contributed by atoms with van der Waals surface area (Å²) in [6.07, 6.45) is 1.42. The van der Waals surface area contributed by atoms with E-state index in [2.05, 4.69) is 0 Å². The second-order valence-corrected chi connectivity index (χ2v) is 9.34. The summed E-state index contributed by atoms with van der Waals surface area (Å²) in [6.45, 7) is 7.90. The first-order valence-corrected chi connectivity index (χ1v) is 10.9. The molecule has 0 radical (unpaired) electrons. The lowest BCUT2D eigenvalue weighted by atomic mass is 9.85. The van der Waals surface area contributed by atoms with E-state index in [-0.39, 0.29) is 39.5 Å². The Morgan fingerprint density at radius 2 is 1.82 bits per heavy atom. The lowest BCUT2D eigenvalue weighted by Gasteiger charge is -2.25. The number of nitrogens with zero attached hydrogens (tertiary/aromatic N) is 1. The number of phenolic OH excluding ortho intramolecular Hbond substituents is 1. The quantitative estimate of drug-likeness (QED) is 0.314. The minimum absolute atomic E-state index is 0.148. The molecule has 2 N–H and O–H groups in total. The number of rotatable bonds is 4. The van der Waals surface area contributed by atoms with Gasteiger partial charge >= 0.3 is 0 Å². The number of phenols is 1. The molecule has 2 aromatic carbocycles. The van der Waals surface area contributed by atoms with E-state index in [4.69, 9.17) is 9.15 Å². The van der Waals surface area contributed by atoms with Crippen molar-refractivity contribution in [2.45, 2.75) is 39.2 Å². The van der Waals surface area contributed by atoms with E-state index in [0.717, 1.165) is 16.0 Å². The summed E-state index contributed by atoms with van der Waals surface area (Å²) in [5.41, 5.74) is 1.75. The van der Waals surface area contributed by atoms with Crippen molar-refractivity contribution in [2.75, 3.05) is 12.0 Å². The van der Waals surface area contributed by atoms with Crippen molar-refractivity contribution < 1.29 is 29.0 Å². The van der Waals surface area contributed by atoms with Gasteiger partial charge in [0.15, 0.2) is 0 Å². The zero-order chi connectivity index (χ0) is 24.8. The van der Waals surface area contributed by atoms with Crippen molar-refractivity contribution in [2.24, 2.45) is 0 Å². The highest BCUT2D eigenvalue weighted by molar-refractivity contribution is 6.51. The molecule has 7 nitrogen and oxygen atoms in total. The number of benzene rings is 2. The van der Waals surface area contributed by atoms with Gasteiger partial charge in [-0.2, -0.15) is 0 Å². The van der Waals surface area contributed by atoms with Gasteiger partial charge in [-0.3, -0.25) is 14.5 Å². The van der Waals surface area contributed by atoms with Crippen LogP contribution in [0.5, 0.6) is 11.5 Å². The molecular weight excluding hydrogens is 434 g/mol. The maximum absolute atomic E-state index is 13.3. The largest absolute Gasteiger partial charge is 0.507 e. The molecule has 2 heterocycles. The summed E-state index contributed by atoms with van der Waals surface area (Å²) in [7, 11) is 1.47. The van der Waals surface area contributed by atoms with Crippen LogP contribution in [0.3, 0.4) is 0 Å². The zero-order valence-electron chi connectivity index (χ0n) is 19.7. The van der Waals surface area contributed by atoms with Gasteiger partial charge in [0.2, 0.25) is 0 Å². The van der Waals surface area contributed by atoms with Crippen molar-refractivity contribution in [1.82, 2.24) is 0 Å². The summed E-state index contributed by atoms with van der Waals surface area (Å²) >= 11 is 0. The van der Waals surface area contributed by atoms with Crippen LogP contribution in [0, 0.1) is 6.92 Å². The van der Waals surface area contributed by atoms with Crippen LogP contribution in [0.2, 0.25) is 0 Å². The maximum atomic E-state index is 13.3. The Morgan fingerprint density at radius 3 is 2.44 bits per heavy atom.